The van der Waals surface area contributed by atoms with Crippen molar-refractivity contribution in [2.75, 3.05) is 26.1 Å². The molecule has 1 aromatic heterocycles. The molecule has 136 valence electrons. The van der Waals surface area contributed by atoms with Crippen LogP contribution in [0.4, 0.5) is 5.82 Å². The van der Waals surface area contributed by atoms with E-state index in [0.717, 1.165) is 30.6 Å². The van der Waals surface area contributed by atoms with Crippen molar-refractivity contribution in [1.82, 2.24) is 9.97 Å². The van der Waals surface area contributed by atoms with Crippen LogP contribution in [0.25, 0.3) is 11.3 Å². The maximum absolute atomic E-state index is 9.68. The average Bonchev–Trinajstić information content (AvgIpc) is 2.64. The Kier molecular flexibility index (Phi) is 6.86. The number of unbranched alkanes of at least 4 members (excludes halogenated alkanes) is 2. The molecular formula is C19H27N3O3. The molecule has 0 spiro atoms. The van der Waals surface area contributed by atoms with Crippen molar-refractivity contribution >= 4 is 5.82 Å². The third kappa shape index (κ3) is 4.53. The van der Waals surface area contributed by atoms with Crippen LogP contribution in [0, 0.1) is 0 Å². The molecule has 0 atom stereocenters. The molecule has 0 unspecified atom stereocenters. The SMILES string of the molecule is CCCCCNc1nc(CC)c(-c2ccc(O)cc2OC)nc1OC. The van der Waals surface area contributed by atoms with Crippen LogP contribution in [-0.2, 0) is 6.42 Å². The lowest BCUT2D eigenvalue weighted by Gasteiger charge is -2.16. The van der Waals surface area contributed by atoms with Crippen LogP contribution in [0.3, 0.4) is 0 Å². The fourth-order valence-corrected chi connectivity index (χ4v) is 2.63. The minimum absolute atomic E-state index is 0.146. The first kappa shape index (κ1) is 18.8. The summed E-state index contributed by atoms with van der Waals surface area (Å²) in [5.74, 6) is 1.82. The third-order valence-electron chi connectivity index (χ3n) is 3.98. The van der Waals surface area contributed by atoms with E-state index in [1.54, 1.807) is 32.4 Å². The number of phenolic OH excluding ortho intramolecular Hbond substituents is 1. The van der Waals surface area contributed by atoms with Crippen LogP contribution < -0.4 is 14.8 Å². The number of hydrogen-bond donors (Lipinski definition) is 2. The number of anilines is 1. The summed E-state index contributed by atoms with van der Waals surface area (Å²) < 4.78 is 10.8. The molecule has 0 saturated heterocycles. The van der Waals surface area contributed by atoms with Crippen molar-refractivity contribution in [3.63, 3.8) is 0 Å². The van der Waals surface area contributed by atoms with Gasteiger partial charge in [0.2, 0.25) is 0 Å². The van der Waals surface area contributed by atoms with E-state index in [-0.39, 0.29) is 5.75 Å². The van der Waals surface area contributed by atoms with E-state index < -0.39 is 0 Å². The molecule has 0 radical (unpaired) electrons. The molecular weight excluding hydrogens is 318 g/mol. The largest absolute Gasteiger partial charge is 0.508 e. The number of aryl methyl sites for hydroxylation is 1. The standard InChI is InChI=1S/C19H27N3O3/c1-5-7-8-11-20-18-19(25-4)22-17(15(6-2)21-18)14-10-9-13(23)12-16(14)24-3/h9-10,12,23H,5-8,11H2,1-4H3,(H,20,21). The average molecular weight is 345 g/mol. The van der Waals surface area contributed by atoms with Crippen LogP contribution >= 0.6 is 0 Å². The van der Waals surface area contributed by atoms with Gasteiger partial charge in [-0.1, -0.05) is 26.7 Å². The van der Waals surface area contributed by atoms with Crippen molar-refractivity contribution in [3.05, 3.63) is 23.9 Å². The van der Waals surface area contributed by atoms with Crippen molar-refractivity contribution in [1.29, 1.82) is 0 Å². The second kappa shape index (κ2) is 9.11. The van der Waals surface area contributed by atoms with Gasteiger partial charge in [-0.25, -0.2) is 9.97 Å². The molecule has 0 fully saturated rings. The molecule has 0 saturated carbocycles. The number of nitrogens with one attached hydrogen (secondary N) is 1. The van der Waals surface area contributed by atoms with Gasteiger partial charge in [0.15, 0.2) is 5.82 Å². The lowest BCUT2D eigenvalue weighted by molar-refractivity contribution is 0.397. The Morgan fingerprint density at radius 3 is 2.52 bits per heavy atom. The topological polar surface area (TPSA) is 76.5 Å². The van der Waals surface area contributed by atoms with Gasteiger partial charge in [-0.2, -0.15) is 0 Å². The quantitative estimate of drug-likeness (QED) is 0.668. The van der Waals surface area contributed by atoms with Gasteiger partial charge in [-0.05, 0) is 25.0 Å². The van der Waals surface area contributed by atoms with Gasteiger partial charge in [0, 0.05) is 18.2 Å². The molecule has 0 aliphatic carbocycles. The number of benzene rings is 1. The molecule has 25 heavy (non-hydrogen) atoms. The van der Waals surface area contributed by atoms with Crippen molar-refractivity contribution in [2.45, 2.75) is 39.5 Å². The van der Waals surface area contributed by atoms with Crippen LogP contribution in [0.5, 0.6) is 17.4 Å². The number of phenols is 1. The molecule has 2 N–H and O–H groups in total. The van der Waals surface area contributed by atoms with Crippen LogP contribution in [-0.4, -0.2) is 35.8 Å². The molecule has 0 bridgehead atoms. The van der Waals surface area contributed by atoms with Crippen LogP contribution in [0.2, 0.25) is 0 Å². The molecule has 0 amide bonds. The molecule has 0 aliphatic heterocycles. The summed E-state index contributed by atoms with van der Waals surface area (Å²) in [5, 5.41) is 13.0. The summed E-state index contributed by atoms with van der Waals surface area (Å²) in [6, 6.07) is 4.97. The molecule has 1 heterocycles. The summed E-state index contributed by atoms with van der Waals surface area (Å²) in [6.07, 6.45) is 4.15. The maximum atomic E-state index is 9.68. The Balaban J connectivity index is 2.42. The summed E-state index contributed by atoms with van der Waals surface area (Å²) >= 11 is 0. The second-order valence-corrected chi connectivity index (χ2v) is 5.75. The Bertz CT molecular complexity index is 705. The minimum Gasteiger partial charge on any atom is -0.508 e. The minimum atomic E-state index is 0.146. The number of aromatic nitrogens is 2. The van der Waals surface area contributed by atoms with E-state index in [2.05, 4.69) is 17.2 Å². The highest BCUT2D eigenvalue weighted by molar-refractivity contribution is 5.72. The zero-order chi connectivity index (χ0) is 18.2. The highest BCUT2D eigenvalue weighted by Crippen LogP contribution is 2.35. The van der Waals surface area contributed by atoms with E-state index in [4.69, 9.17) is 14.5 Å². The summed E-state index contributed by atoms with van der Waals surface area (Å²) in [5.41, 5.74) is 2.33. The van der Waals surface area contributed by atoms with Crippen molar-refractivity contribution < 1.29 is 14.6 Å². The highest BCUT2D eigenvalue weighted by Gasteiger charge is 2.18. The Labute approximate surface area is 149 Å². The highest BCUT2D eigenvalue weighted by atomic mass is 16.5. The maximum Gasteiger partial charge on any atom is 0.257 e. The Morgan fingerprint density at radius 1 is 1.08 bits per heavy atom. The number of ether oxygens (including phenoxy) is 2. The van der Waals surface area contributed by atoms with Gasteiger partial charge in [0.05, 0.1) is 25.6 Å². The summed E-state index contributed by atoms with van der Waals surface area (Å²) in [4.78, 5) is 9.38. The zero-order valence-corrected chi connectivity index (χ0v) is 15.4. The first-order chi connectivity index (χ1) is 12.1. The Morgan fingerprint density at radius 2 is 1.88 bits per heavy atom. The first-order valence-corrected chi connectivity index (χ1v) is 8.70. The molecule has 6 heteroatoms. The molecule has 2 rings (SSSR count). The molecule has 2 aromatic rings. The first-order valence-electron chi connectivity index (χ1n) is 8.70. The van der Waals surface area contributed by atoms with Crippen molar-refractivity contribution in [2.24, 2.45) is 0 Å². The number of hydrogen-bond acceptors (Lipinski definition) is 6. The number of nitrogens with zero attached hydrogens (tertiary/aromatic N) is 2. The van der Waals surface area contributed by atoms with Gasteiger partial charge in [0.1, 0.15) is 11.5 Å². The second-order valence-electron chi connectivity index (χ2n) is 5.75. The lowest BCUT2D eigenvalue weighted by Crippen LogP contribution is -2.09. The third-order valence-corrected chi connectivity index (χ3v) is 3.98. The van der Waals surface area contributed by atoms with E-state index in [9.17, 15) is 5.11 Å². The zero-order valence-electron chi connectivity index (χ0n) is 15.4. The lowest BCUT2D eigenvalue weighted by atomic mass is 10.1. The predicted octanol–water partition coefficient (Wildman–Crippen LogP) is 4.03. The van der Waals surface area contributed by atoms with Crippen LogP contribution in [0.1, 0.15) is 38.8 Å². The number of aromatic hydroxyl groups is 1. The summed E-state index contributed by atoms with van der Waals surface area (Å²) in [7, 11) is 3.16. The normalized spacial score (nSPS) is 10.6. The van der Waals surface area contributed by atoms with Gasteiger partial charge in [0.25, 0.3) is 5.88 Å². The fraction of sp³-hybridized carbons (Fsp3) is 0.474. The molecule has 1 aromatic carbocycles. The monoisotopic (exact) mass is 345 g/mol. The molecule has 6 nitrogen and oxygen atoms in total. The van der Waals surface area contributed by atoms with E-state index in [0.29, 0.717) is 23.1 Å². The fourth-order valence-electron chi connectivity index (χ4n) is 2.63. The number of methoxy groups -OCH3 is 2. The van der Waals surface area contributed by atoms with E-state index in [1.807, 2.05) is 6.92 Å². The summed E-state index contributed by atoms with van der Waals surface area (Å²) in [6.45, 7) is 5.05. The van der Waals surface area contributed by atoms with Crippen molar-refractivity contribution in [3.8, 4) is 28.6 Å². The van der Waals surface area contributed by atoms with Crippen LogP contribution in [0.15, 0.2) is 18.2 Å². The van der Waals surface area contributed by atoms with E-state index >= 15 is 0 Å². The van der Waals surface area contributed by atoms with Gasteiger partial charge in [-0.15, -0.1) is 0 Å². The van der Waals surface area contributed by atoms with Gasteiger partial charge >= 0.3 is 0 Å². The molecule has 0 aliphatic rings. The smallest absolute Gasteiger partial charge is 0.257 e. The van der Waals surface area contributed by atoms with E-state index in [1.165, 1.54) is 12.8 Å². The Hall–Kier alpha value is -2.50. The number of rotatable bonds is 9. The van der Waals surface area contributed by atoms with Gasteiger partial charge in [-0.3, -0.25) is 0 Å². The predicted molar refractivity (Wildman–Crippen MR) is 99.6 cm³/mol. The van der Waals surface area contributed by atoms with Gasteiger partial charge < -0.3 is 19.9 Å².